The maximum Gasteiger partial charge on any atom is 0.234 e. The molecule has 1 amide bonds. The Bertz CT molecular complexity index is 656. The van der Waals surface area contributed by atoms with Gasteiger partial charge in [-0.3, -0.25) is 9.59 Å². The number of Topliss-reactive ketones (excluding diaryl/α,β-unsaturated/α-hetero) is 1. The summed E-state index contributed by atoms with van der Waals surface area (Å²) in [6.07, 6.45) is 10.6. The first kappa shape index (κ1) is 43.6. The molecule has 0 atom stereocenters. The average Bonchev–Trinajstić information content (AvgIpc) is 2.86. The minimum Gasteiger partial charge on any atom is -0.400 e. The van der Waals surface area contributed by atoms with E-state index in [0.29, 0.717) is 0 Å². The molecule has 0 saturated carbocycles. The monoisotopic (exact) mass is 506 g/mol. The first-order chi connectivity index (χ1) is 17.1. The molecular weight excluding hydrogens is 448 g/mol. The van der Waals surface area contributed by atoms with Crippen molar-refractivity contribution in [2.45, 2.75) is 82.1 Å². The van der Waals surface area contributed by atoms with Crippen LogP contribution in [0.3, 0.4) is 0 Å². The van der Waals surface area contributed by atoms with E-state index in [1.165, 1.54) is 36.5 Å². The van der Waals surface area contributed by atoms with E-state index in [-0.39, 0.29) is 24.8 Å². The normalized spacial score (nSPS) is 9.33. The number of nitrogens with one attached hydrogen (secondary N) is 2. The van der Waals surface area contributed by atoms with Crippen molar-refractivity contribution in [2.75, 3.05) is 27.2 Å². The van der Waals surface area contributed by atoms with Crippen LogP contribution in [0, 0.1) is 12.8 Å². The van der Waals surface area contributed by atoms with E-state index in [2.05, 4.69) is 89.1 Å². The number of aliphatic hydroxyl groups excluding tert-OH is 1. The Balaban J connectivity index is -0.000000127. The Morgan fingerprint density at radius 3 is 1.75 bits per heavy atom. The molecule has 0 aliphatic carbocycles. The van der Waals surface area contributed by atoms with Crippen molar-refractivity contribution in [3.05, 3.63) is 66.3 Å². The van der Waals surface area contributed by atoms with Crippen molar-refractivity contribution in [3.8, 4) is 0 Å². The number of carbonyl (C=O) groups excluding carboxylic acids is 2. The Kier molecular flexibility index (Phi) is 44.8. The minimum atomic E-state index is -0.155. The Labute approximate surface area is 224 Å². The largest absolute Gasteiger partial charge is 0.400 e. The molecule has 0 fully saturated rings. The van der Waals surface area contributed by atoms with E-state index in [1.54, 1.807) is 7.05 Å². The third kappa shape index (κ3) is 41.7. The molecule has 0 spiro atoms. The molecule has 0 radical (unpaired) electrons. The number of hydrogen-bond acceptors (Lipinski definition) is 4. The molecule has 0 aromatic heterocycles. The van der Waals surface area contributed by atoms with Crippen molar-refractivity contribution in [3.63, 3.8) is 0 Å². The molecule has 5 nitrogen and oxygen atoms in total. The first-order valence-corrected chi connectivity index (χ1v) is 13.0. The number of aliphatic hydroxyl groups is 1. The number of unbranched alkanes of at least 4 members (excludes halogenated alkanes) is 1. The fourth-order valence-electron chi connectivity index (χ4n) is 1.75. The predicted octanol–water partition coefficient (Wildman–Crippen LogP) is 7.15. The van der Waals surface area contributed by atoms with Crippen LogP contribution in [0.4, 0.5) is 0 Å². The topological polar surface area (TPSA) is 78.4 Å². The number of carbonyl (C=O) groups is 2. The number of benzene rings is 1. The van der Waals surface area contributed by atoms with Crippen LogP contribution in [-0.4, -0.2) is 44.0 Å². The highest BCUT2D eigenvalue weighted by Gasteiger charge is 1.98. The third-order valence-electron chi connectivity index (χ3n) is 3.40. The fraction of sp³-hybridized carbons (Fsp3) is 0.548. The van der Waals surface area contributed by atoms with Gasteiger partial charge in [-0.2, -0.15) is 0 Å². The SMILES string of the molecule is C=C/C=C(\C=C/C)c1ccc(C)cc1.CC.CC(C)C.CCCC.CNCC(=O)NCC(C)=O.CO. The van der Waals surface area contributed by atoms with Crippen LogP contribution in [0.2, 0.25) is 0 Å². The lowest BCUT2D eigenvalue weighted by atomic mass is 10.0. The Hall–Kier alpha value is -2.50. The van der Waals surface area contributed by atoms with Crippen molar-refractivity contribution in [2.24, 2.45) is 5.92 Å². The van der Waals surface area contributed by atoms with Crippen molar-refractivity contribution < 1.29 is 14.7 Å². The van der Waals surface area contributed by atoms with Crippen LogP contribution in [-0.2, 0) is 9.59 Å². The second-order valence-corrected chi connectivity index (χ2v) is 7.96. The summed E-state index contributed by atoms with van der Waals surface area (Å²) in [7, 11) is 2.67. The molecule has 5 heteroatoms. The molecule has 0 saturated heterocycles. The van der Waals surface area contributed by atoms with Gasteiger partial charge in [0.05, 0.1) is 13.1 Å². The van der Waals surface area contributed by atoms with E-state index < -0.39 is 0 Å². The maximum atomic E-state index is 10.6. The lowest BCUT2D eigenvalue weighted by molar-refractivity contribution is -0.123. The van der Waals surface area contributed by atoms with Gasteiger partial charge >= 0.3 is 0 Å². The van der Waals surface area contributed by atoms with Crippen molar-refractivity contribution in [1.82, 2.24) is 10.6 Å². The number of aryl methyl sites for hydroxylation is 1. The van der Waals surface area contributed by atoms with E-state index in [4.69, 9.17) is 5.11 Å². The molecule has 1 aromatic rings. The van der Waals surface area contributed by atoms with E-state index >= 15 is 0 Å². The van der Waals surface area contributed by atoms with Crippen molar-refractivity contribution >= 4 is 17.3 Å². The minimum absolute atomic E-state index is 0.0375. The van der Waals surface area contributed by atoms with Crippen LogP contribution in [0.5, 0.6) is 0 Å². The molecule has 0 bridgehead atoms. The summed E-state index contributed by atoms with van der Waals surface area (Å²) in [6.45, 7) is 24.5. The lowest BCUT2D eigenvalue weighted by Crippen LogP contribution is -2.34. The molecule has 0 aliphatic heterocycles. The van der Waals surface area contributed by atoms with Crippen LogP contribution in [0.15, 0.2) is 55.1 Å². The molecule has 0 aliphatic rings. The van der Waals surface area contributed by atoms with Crippen LogP contribution >= 0.6 is 0 Å². The predicted molar refractivity (Wildman–Crippen MR) is 162 cm³/mol. The Morgan fingerprint density at radius 2 is 1.44 bits per heavy atom. The zero-order valence-corrected chi connectivity index (χ0v) is 25.5. The Morgan fingerprint density at radius 1 is 1.00 bits per heavy atom. The summed E-state index contributed by atoms with van der Waals surface area (Å²) in [6, 6.07) is 8.50. The number of hydrogen-bond donors (Lipinski definition) is 3. The molecule has 1 rings (SSSR count). The van der Waals surface area contributed by atoms with Crippen molar-refractivity contribution in [1.29, 1.82) is 0 Å². The lowest BCUT2D eigenvalue weighted by Gasteiger charge is -2.02. The first-order valence-electron chi connectivity index (χ1n) is 13.0. The molecule has 210 valence electrons. The van der Waals surface area contributed by atoms with Crippen LogP contribution in [0.25, 0.3) is 5.57 Å². The number of rotatable bonds is 8. The summed E-state index contributed by atoms with van der Waals surface area (Å²) in [5, 5.41) is 12.1. The summed E-state index contributed by atoms with van der Waals surface area (Å²) < 4.78 is 0. The smallest absolute Gasteiger partial charge is 0.234 e. The van der Waals surface area contributed by atoms with Gasteiger partial charge in [-0.15, -0.1) is 0 Å². The van der Waals surface area contributed by atoms with Gasteiger partial charge in [0, 0.05) is 7.11 Å². The number of amides is 1. The zero-order chi connectivity index (χ0) is 29.4. The highest BCUT2D eigenvalue weighted by atomic mass is 16.2. The zero-order valence-electron chi connectivity index (χ0n) is 25.5. The van der Waals surface area contributed by atoms with Gasteiger partial charge in [0.1, 0.15) is 5.78 Å². The van der Waals surface area contributed by atoms with Gasteiger partial charge in [0.2, 0.25) is 5.91 Å². The van der Waals surface area contributed by atoms with Gasteiger partial charge in [0.25, 0.3) is 0 Å². The van der Waals surface area contributed by atoms with Gasteiger partial charge in [0.15, 0.2) is 0 Å². The summed E-state index contributed by atoms with van der Waals surface area (Å²) >= 11 is 0. The molecule has 0 heterocycles. The molecule has 36 heavy (non-hydrogen) atoms. The summed E-state index contributed by atoms with van der Waals surface area (Å²) in [5.74, 6) is 0.641. The fourth-order valence-corrected chi connectivity index (χ4v) is 1.75. The standard InChI is InChI=1S/C14H16.C6H12N2O2.2C4H10.C2H6.CH4O/c1-4-6-13(7-5-2)14-10-8-12(3)9-11-14;1-5(9)3-8-6(10)4-7-2;1-4(2)3;1-3-4-2;2*1-2/h4-11H,1H2,2-3H3;7H,3-4H2,1-2H3,(H,8,10);4H,1-3H3;3-4H2,1-2H3;1-2H3;2H,1H3/b7-5-,13-6+;;;;;. The van der Waals surface area contributed by atoms with Crippen LogP contribution in [0.1, 0.15) is 86.3 Å². The second kappa shape index (κ2) is 37.1. The summed E-state index contributed by atoms with van der Waals surface area (Å²) in [4.78, 5) is 20.9. The maximum absolute atomic E-state index is 10.6. The second-order valence-electron chi connectivity index (χ2n) is 7.96. The molecule has 0 unspecified atom stereocenters. The molecule has 1 aromatic carbocycles. The highest BCUT2D eigenvalue weighted by Crippen LogP contribution is 2.16. The number of ketones is 1. The van der Waals surface area contributed by atoms with E-state index in [0.717, 1.165) is 13.0 Å². The van der Waals surface area contributed by atoms with Crippen LogP contribution < -0.4 is 10.6 Å². The number of likely N-dealkylation sites (N-methyl/N-ethyl adjacent to an activating group) is 1. The summed E-state index contributed by atoms with van der Waals surface area (Å²) in [5.41, 5.74) is 3.71. The highest BCUT2D eigenvalue weighted by molar-refractivity contribution is 5.85. The van der Waals surface area contributed by atoms with E-state index in [1.807, 2.05) is 39.0 Å². The van der Waals surface area contributed by atoms with Gasteiger partial charge in [-0.25, -0.2) is 0 Å². The van der Waals surface area contributed by atoms with Gasteiger partial charge < -0.3 is 15.7 Å². The average molecular weight is 507 g/mol. The third-order valence-corrected chi connectivity index (χ3v) is 3.40. The molecular formula is C31H58N2O3. The van der Waals surface area contributed by atoms with Gasteiger partial charge in [-0.05, 0) is 44.9 Å². The quantitative estimate of drug-likeness (QED) is 0.327. The van der Waals surface area contributed by atoms with E-state index in [9.17, 15) is 9.59 Å². The van der Waals surface area contributed by atoms with Gasteiger partial charge in [-0.1, -0.05) is 122 Å². The molecule has 3 N–H and O–H groups in total. The number of allylic oxidation sites excluding steroid dienone is 5.